The Morgan fingerprint density at radius 1 is 1.40 bits per heavy atom. The molecule has 1 aliphatic carbocycles. The van der Waals surface area contributed by atoms with E-state index in [1.165, 1.54) is 6.07 Å². The average Bonchev–Trinajstić information content (AvgIpc) is 2.45. The number of aliphatic hydroxyl groups excluding tert-OH is 1. The molecule has 0 radical (unpaired) electrons. The van der Waals surface area contributed by atoms with Crippen molar-refractivity contribution in [1.82, 2.24) is 4.98 Å². The Balaban J connectivity index is 2.06. The lowest BCUT2D eigenvalue weighted by molar-refractivity contribution is -0.384. The van der Waals surface area contributed by atoms with E-state index in [-0.39, 0.29) is 12.3 Å². The molecule has 110 valence electrons. The summed E-state index contributed by atoms with van der Waals surface area (Å²) in [6.45, 7) is 2.63. The largest absolute Gasteiger partial charge is 0.396 e. The highest BCUT2D eigenvalue weighted by Crippen LogP contribution is 2.30. The molecular weight excluding hydrogens is 258 g/mol. The highest BCUT2D eigenvalue weighted by molar-refractivity contribution is 5.56. The fraction of sp³-hybridized carbons (Fsp3) is 0.643. The molecule has 6 nitrogen and oxygen atoms in total. The number of aromatic nitrogens is 1. The number of aliphatic hydroxyl groups is 1. The molecule has 1 aromatic heterocycles. The van der Waals surface area contributed by atoms with Gasteiger partial charge in [-0.05, 0) is 37.7 Å². The molecule has 1 aromatic rings. The molecule has 2 N–H and O–H groups in total. The molecule has 2 unspecified atom stereocenters. The molecule has 6 heteroatoms. The summed E-state index contributed by atoms with van der Waals surface area (Å²) in [6, 6.07) is 3.12. The highest BCUT2D eigenvalue weighted by Gasteiger charge is 2.25. The molecule has 0 amide bonds. The van der Waals surface area contributed by atoms with E-state index in [2.05, 4.69) is 10.3 Å². The van der Waals surface area contributed by atoms with Crippen molar-refractivity contribution in [1.29, 1.82) is 0 Å². The molecule has 1 fully saturated rings. The van der Waals surface area contributed by atoms with Crippen LogP contribution in [0.1, 0.15) is 31.4 Å². The minimum atomic E-state index is -0.417. The van der Waals surface area contributed by atoms with Gasteiger partial charge in [0.2, 0.25) is 5.82 Å². The molecule has 0 bridgehead atoms. The van der Waals surface area contributed by atoms with Crippen LogP contribution in [0.5, 0.6) is 0 Å². The maximum absolute atomic E-state index is 11.0. The average molecular weight is 279 g/mol. The molecule has 1 aliphatic rings. The Morgan fingerprint density at radius 3 is 2.75 bits per heavy atom. The van der Waals surface area contributed by atoms with E-state index >= 15 is 0 Å². The first-order valence-corrected chi connectivity index (χ1v) is 7.08. The summed E-state index contributed by atoms with van der Waals surface area (Å²) in [5.41, 5.74) is 0.757. The third-order valence-electron chi connectivity index (χ3n) is 4.04. The lowest BCUT2D eigenvalue weighted by Gasteiger charge is -2.30. The minimum absolute atomic E-state index is 0.00644. The van der Waals surface area contributed by atoms with Gasteiger partial charge in [-0.3, -0.25) is 10.1 Å². The first-order valence-electron chi connectivity index (χ1n) is 7.08. The summed E-state index contributed by atoms with van der Waals surface area (Å²) in [5.74, 6) is 0.980. The number of hydrogen-bond donors (Lipinski definition) is 2. The van der Waals surface area contributed by atoms with Crippen LogP contribution in [0.25, 0.3) is 0 Å². The molecule has 2 atom stereocenters. The van der Waals surface area contributed by atoms with Gasteiger partial charge in [0.25, 0.3) is 0 Å². The van der Waals surface area contributed by atoms with Crippen molar-refractivity contribution < 1.29 is 10.0 Å². The van der Waals surface area contributed by atoms with Crippen molar-refractivity contribution >= 4 is 11.5 Å². The third kappa shape index (κ3) is 3.45. The summed E-state index contributed by atoms with van der Waals surface area (Å²) >= 11 is 0. The zero-order chi connectivity index (χ0) is 14.5. The molecule has 1 saturated carbocycles. The smallest absolute Gasteiger partial charge is 0.311 e. The van der Waals surface area contributed by atoms with Crippen molar-refractivity contribution in [3.05, 3.63) is 27.9 Å². The summed E-state index contributed by atoms with van der Waals surface area (Å²) in [7, 11) is 0. The van der Waals surface area contributed by atoms with Gasteiger partial charge in [-0.15, -0.1) is 0 Å². The van der Waals surface area contributed by atoms with Crippen LogP contribution in [0.15, 0.2) is 12.1 Å². The second-order valence-electron chi connectivity index (χ2n) is 5.45. The van der Waals surface area contributed by atoms with Gasteiger partial charge in [-0.1, -0.05) is 12.8 Å². The molecule has 0 spiro atoms. The van der Waals surface area contributed by atoms with E-state index in [0.29, 0.717) is 24.2 Å². The Bertz CT molecular complexity index is 479. The summed E-state index contributed by atoms with van der Waals surface area (Å²) in [6.07, 6.45) is 4.40. The zero-order valence-electron chi connectivity index (χ0n) is 11.7. The second-order valence-corrected chi connectivity index (χ2v) is 5.45. The van der Waals surface area contributed by atoms with Gasteiger partial charge in [0.1, 0.15) is 0 Å². The number of aryl methyl sites for hydroxylation is 1. The lowest BCUT2D eigenvalue weighted by atomic mass is 9.79. The fourth-order valence-electron chi connectivity index (χ4n) is 2.85. The van der Waals surface area contributed by atoms with Gasteiger partial charge in [0.05, 0.1) is 4.92 Å². The number of anilines is 1. The zero-order valence-corrected chi connectivity index (χ0v) is 11.7. The first-order chi connectivity index (χ1) is 9.61. The lowest BCUT2D eigenvalue weighted by Crippen LogP contribution is -2.29. The predicted molar refractivity (Wildman–Crippen MR) is 76.7 cm³/mol. The SMILES string of the molecule is Cc1ccc([N+](=O)[O-])c(NCC2CCCCC2CO)n1. The maximum Gasteiger partial charge on any atom is 0.311 e. The van der Waals surface area contributed by atoms with Gasteiger partial charge in [0.15, 0.2) is 0 Å². The number of hydrogen-bond acceptors (Lipinski definition) is 5. The van der Waals surface area contributed by atoms with Crippen molar-refractivity contribution in [3.8, 4) is 0 Å². The maximum atomic E-state index is 11.0. The van der Waals surface area contributed by atoms with Crippen molar-refractivity contribution in [3.63, 3.8) is 0 Å². The Hall–Kier alpha value is -1.69. The predicted octanol–water partition coefficient (Wildman–Crippen LogP) is 2.51. The van der Waals surface area contributed by atoms with Crippen LogP contribution in [-0.2, 0) is 0 Å². The molecular formula is C14H21N3O3. The van der Waals surface area contributed by atoms with Gasteiger partial charge in [-0.2, -0.15) is 0 Å². The Labute approximate surface area is 118 Å². The molecule has 0 aliphatic heterocycles. The standard InChI is InChI=1S/C14H21N3O3/c1-10-6-7-13(17(19)20)14(16-10)15-8-11-4-2-3-5-12(11)9-18/h6-7,11-12,18H,2-5,8-9H2,1H3,(H,15,16). The molecule has 1 heterocycles. The number of nitro groups is 1. The number of pyridine rings is 1. The van der Waals surface area contributed by atoms with E-state index < -0.39 is 4.92 Å². The Morgan fingerprint density at radius 2 is 2.10 bits per heavy atom. The van der Waals surface area contributed by atoms with Gasteiger partial charge < -0.3 is 10.4 Å². The van der Waals surface area contributed by atoms with E-state index in [0.717, 1.165) is 31.4 Å². The number of nitrogens with one attached hydrogen (secondary N) is 1. The van der Waals surface area contributed by atoms with E-state index in [1.807, 2.05) is 6.92 Å². The number of rotatable bonds is 5. The molecule has 0 aromatic carbocycles. The molecule has 0 saturated heterocycles. The van der Waals surface area contributed by atoms with E-state index in [4.69, 9.17) is 0 Å². The van der Waals surface area contributed by atoms with Gasteiger partial charge in [0, 0.05) is 24.9 Å². The van der Waals surface area contributed by atoms with E-state index in [9.17, 15) is 15.2 Å². The minimum Gasteiger partial charge on any atom is -0.396 e. The number of nitrogens with zero attached hydrogens (tertiary/aromatic N) is 2. The van der Waals surface area contributed by atoms with Crippen LogP contribution in [-0.4, -0.2) is 28.2 Å². The summed E-state index contributed by atoms with van der Waals surface area (Å²) < 4.78 is 0. The summed E-state index contributed by atoms with van der Waals surface area (Å²) in [5, 5.41) is 23.5. The Kier molecular flexibility index (Phi) is 4.89. The van der Waals surface area contributed by atoms with Crippen LogP contribution in [0, 0.1) is 28.9 Å². The van der Waals surface area contributed by atoms with Crippen molar-refractivity contribution in [2.45, 2.75) is 32.6 Å². The quantitative estimate of drug-likeness (QED) is 0.638. The van der Waals surface area contributed by atoms with Crippen molar-refractivity contribution in [2.75, 3.05) is 18.5 Å². The molecule has 20 heavy (non-hydrogen) atoms. The van der Waals surface area contributed by atoms with Gasteiger partial charge >= 0.3 is 5.69 Å². The molecule has 2 rings (SSSR count). The highest BCUT2D eigenvalue weighted by atomic mass is 16.6. The fourth-order valence-corrected chi connectivity index (χ4v) is 2.85. The van der Waals surface area contributed by atoms with Crippen LogP contribution >= 0.6 is 0 Å². The normalized spacial score (nSPS) is 22.5. The van der Waals surface area contributed by atoms with Gasteiger partial charge in [-0.25, -0.2) is 4.98 Å². The van der Waals surface area contributed by atoms with Crippen LogP contribution in [0.2, 0.25) is 0 Å². The first kappa shape index (κ1) is 14.7. The third-order valence-corrected chi connectivity index (χ3v) is 4.04. The monoisotopic (exact) mass is 279 g/mol. The second kappa shape index (κ2) is 6.65. The van der Waals surface area contributed by atoms with Crippen LogP contribution in [0.3, 0.4) is 0 Å². The van der Waals surface area contributed by atoms with Crippen molar-refractivity contribution in [2.24, 2.45) is 11.8 Å². The van der Waals surface area contributed by atoms with E-state index in [1.54, 1.807) is 6.07 Å². The van der Waals surface area contributed by atoms with Crippen LogP contribution in [0.4, 0.5) is 11.5 Å². The van der Waals surface area contributed by atoms with Crippen LogP contribution < -0.4 is 5.32 Å². The topological polar surface area (TPSA) is 88.3 Å². The summed E-state index contributed by atoms with van der Waals surface area (Å²) in [4.78, 5) is 14.8.